The number of ketones is 1. The fraction of sp³-hybridized carbons (Fsp3) is 0.188. The summed E-state index contributed by atoms with van der Waals surface area (Å²) in [7, 11) is 3.07. The van der Waals surface area contributed by atoms with Crippen LogP contribution in [0.1, 0.15) is 17.3 Å². The molecule has 0 heterocycles. The van der Waals surface area contributed by atoms with Gasteiger partial charge in [-0.1, -0.05) is 0 Å². The third kappa shape index (κ3) is 2.64. The van der Waals surface area contributed by atoms with Gasteiger partial charge in [-0.05, 0) is 48.9 Å². The van der Waals surface area contributed by atoms with Crippen molar-refractivity contribution in [1.82, 2.24) is 0 Å². The number of carbonyl (C=O) groups excluding carboxylic acids is 1. The van der Waals surface area contributed by atoms with Crippen LogP contribution in [-0.4, -0.2) is 20.0 Å². The molecule has 0 unspecified atom stereocenters. The van der Waals surface area contributed by atoms with Crippen molar-refractivity contribution in [2.45, 2.75) is 6.92 Å². The Kier molecular flexibility index (Phi) is 4.03. The van der Waals surface area contributed by atoms with Crippen LogP contribution in [-0.2, 0) is 0 Å². The van der Waals surface area contributed by atoms with Crippen molar-refractivity contribution in [2.75, 3.05) is 14.2 Å². The molecular formula is C16H15FO3. The summed E-state index contributed by atoms with van der Waals surface area (Å²) < 4.78 is 24.0. The summed E-state index contributed by atoms with van der Waals surface area (Å²) in [6.45, 7) is 1.45. The highest BCUT2D eigenvalue weighted by Gasteiger charge is 2.15. The van der Waals surface area contributed by atoms with E-state index in [1.165, 1.54) is 32.2 Å². The molecule has 0 radical (unpaired) electrons. The first-order chi connectivity index (χ1) is 9.56. The van der Waals surface area contributed by atoms with Crippen molar-refractivity contribution >= 4 is 5.78 Å². The van der Waals surface area contributed by atoms with Crippen LogP contribution in [0.25, 0.3) is 11.1 Å². The normalized spacial score (nSPS) is 10.2. The second kappa shape index (κ2) is 5.74. The topological polar surface area (TPSA) is 35.5 Å². The van der Waals surface area contributed by atoms with Crippen molar-refractivity contribution in [3.63, 3.8) is 0 Å². The minimum Gasteiger partial charge on any atom is -0.497 e. The molecule has 3 nitrogen and oxygen atoms in total. The lowest BCUT2D eigenvalue weighted by atomic mass is 9.96. The van der Waals surface area contributed by atoms with E-state index in [0.717, 1.165) is 0 Å². The molecule has 2 rings (SSSR count). The Morgan fingerprint density at radius 3 is 2.35 bits per heavy atom. The summed E-state index contributed by atoms with van der Waals surface area (Å²) >= 11 is 0. The predicted octanol–water partition coefficient (Wildman–Crippen LogP) is 3.71. The van der Waals surface area contributed by atoms with Gasteiger partial charge in [0.25, 0.3) is 0 Å². The van der Waals surface area contributed by atoms with Crippen molar-refractivity contribution < 1.29 is 18.7 Å². The summed E-state index contributed by atoms with van der Waals surface area (Å²) in [5, 5.41) is 0. The van der Waals surface area contributed by atoms with E-state index in [1.54, 1.807) is 25.3 Å². The van der Waals surface area contributed by atoms with Gasteiger partial charge in [-0.25, -0.2) is 4.39 Å². The largest absolute Gasteiger partial charge is 0.497 e. The van der Waals surface area contributed by atoms with Crippen molar-refractivity contribution in [1.29, 1.82) is 0 Å². The number of benzene rings is 2. The molecule has 104 valence electrons. The van der Waals surface area contributed by atoms with Crippen molar-refractivity contribution in [3.8, 4) is 22.6 Å². The van der Waals surface area contributed by atoms with Crippen LogP contribution < -0.4 is 9.47 Å². The van der Waals surface area contributed by atoms with Gasteiger partial charge in [-0.15, -0.1) is 0 Å². The fourth-order valence-corrected chi connectivity index (χ4v) is 2.07. The maximum atomic E-state index is 13.5. The second-order valence-corrected chi connectivity index (χ2v) is 4.31. The summed E-state index contributed by atoms with van der Waals surface area (Å²) in [6, 6.07) is 9.27. The maximum Gasteiger partial charge on any atom is 0.160 e. The van der Waals surface area contributed by atoms with Gasteiger partial charge in [0.1, 0.15) is 17.3 Å². The smallest absolute Gasteiger partial charge is 0.160 e. The molecule has 0 aliphatic heterocycles. The summed E-state index contributed by atoms with van der Waals surface area (Å²) in [5.74, 6) is 0.623. The number of ether oxygens (including phenoxy) is 2. The first-order valence-corrected chi connectivity index (χ1v) is 6.09. The molecule has 0 amide bonds. The van der Waals surface area contributed by atoms with Gasteiger partial charge in [-0.2, -0.15) is 0 Å². The molecule has 0 spiro atoms. The van der Waals surface area contributed by atoms with Gasteiger partial charge >= 0.3 is 0 Å². The lowest BCUT2D eigenvalue weighted by molar-refractivity contribution is 0.101. The van der Waals surface area contributed by atoms with E-state index >= 15 is 0 Å². The molecule has 0 aliphatic rings. The van der Waals surface area contributed by atoms with Crippen LogP contribution >= 0.6 is 0 Å². The summed E-state index contributed by atoms with van der Waals surface area (Å²) in [5.41, 5.74) is 1.56. The van der Waals surface area contributed by atoms with E-state index < -0.39 is 5.82 Å². The van der Waals surface area contributed by atoms with E-state index in [9.17, 15) is 9.18 Å². The van der Waals surface area contributed by atoms with Crippen LogP contribution in [0.2, 0.25) is 0 Å². The van der Waals surface area contributed by atoms with E-state index in [-0.39, 0.29) is 5.78 Å². The lowest BCUT2D eigenvalue weighted by Gasteiger charge is -2.13. The van der Waals surface area contributed by atoms with Crippen LogP contribution in [0, 0.1) is 5.82 Å². The van der Waals surface area contributed by atoms with Gasteiger partial charge in [0.2, 0.25) is 0 Å². The Labute approximate surface area is 117 Å². The third-order valence-electron chi connectivity index (χ3n) is 3.06. The molecule has 0 bridgehead atoms. The van der Waals surface area contributed by atoms with E-state index in [4.69, 9.17) is 9.47 Å². The lowest BCUT2D eigenvalue weighted by Crippen LogP contribution is -1.99. The van der Waals surface area contributed by atoms with Crippen LogP contribution in [0.4, 0.5) is 4.39 Å². The second-order valence-electron chi connectivity index (χ2n) is 4.31. The Balaban J connectivity index is 2.72. The van der Waals surface area contributed by atoms with Gasteiger partial charge in [-0.3, -0.25) is 4.79 Å². The predicted molar refractivity (Wildman–Crippen MR) is 74.9 cm³/mol. The van der Waals surface area contributed by atoms with E-state index in [1.807, 2.05) is 0 Å². The average Bonchev–Trinajstić information content (AvgIpc) is 2.46. The number of rotatable bonds is 4. The molecule has 2 aromatic carbocycles. The number of halogens is 1. The zero-order chi connectivity index (χ0) is 14.7. The molecule has 20 heavy (non-hydrogen) atoms. The quantitative estimate of drug-likeness (QED) is 0.797. The molecule has 0 aliphatic carbocycles. The number of hydrogen-bond acceptors (Lipinski definition) is 3. The first-order valence-electron chi connectivity index (χ1n) is 6.09. The number of carbonyl (C=O) groups is 1. The minimum atomic E-state index is -0.408. The molecule has 0 N–H and O–H groups in total. The van der Waals surface area contributed by atoms with E-state index in [0.29, 0.717) is 28.2 Å². The first kappa shape index (κ1) is 14.1. The van der Waals surface area contributed by atoms with Gasteiger partial charge in [0.05, 0.1) is 14.2 Å². The zero-order valence-corrected chi connectivity index (χ0v) is 11.6. The molecule has 0 atom stereocenters. The molecular weight excluding hydrogens is 259 g/mol. The molecule has 0 aromatic heterocycles. The zero-order valence-electron chi connectivity index (χ0n) is 11.6. The van der Waals surface area contributed by atoms with E-state index in [2.05, 4.69) is 0 Å². The Bertz CT molecular complexity index is 650. The Hall–Kier alpha value is -2.36. The number of Topliss-reactive ketones (excluding diaryl/α,β-unsaturated/α-hetero) is 1. The van der Waals surface area contributed by atoms with Crippen LogP contribution in [0.3, 0.4) is 0 Å². The third-order valence-corrected chi connectivity index (χ3v) is 3.06. The molecule has 0 saturated heterocycles. The number of hydrogen-bond donors (Lipinski definition) is 0. The SMILES string of the molecule is COc1ccc(OC)c(-c2cc(F)ccc2C(C)=O)c1. The Morgan fingerprint density at radius 1 is 1.00 bits per heavy atom. The van der Waals surface area contributed by atoms with Crippen molar-refractivity contribution in [2.24, 2.45) is 0 Å². The highest BCUT2D eigenvalue weighted by atomic mass is 19.1. The molecule has 0 fully saturated rings. The fourth-order valence-electron chi connectivity index (χ4n) is 2.07. The molecule has 2 aromatic rings. The van der Waals surface area contributed by atoms with Crippen molar-refractivity contribution in [3.05, 3.63) is 47.8 Å². The monoisotopic (exact) mass is 274 g/mol. The molecule has 0 saturated carbocycles. The van der Waals surface area contributed by atoms with Gasteiger partial charge in [0, 0.05) is 11.1 Å². The Morgan fingerprint density at radius 2 is 1.75 bits per heavy atom. The summed E-state index contributed by atoms with van der Waals surface area (Å²) in [4.78, 5) is 11.7. The van der Waals surface area contributed by atoms with Gasteiger partial charge < -0.3 is 9.47 Å². The average molecular weight is 274 g/mol. The maximum absolute atomic E-state index is 13.5. The van der Waals surface area contributed by atoms with Crippen LogP contribution in [0.15, 0.2) is 36.4 Å². The highest BCUT2D eigenvalue weighted by Crippen LogP contribution is 2.35. The minimum absolute atomic E-state index is 0.134. The molecule has 4 heteroatoms. The van der Waals surface area contributed by atoms with Crippen LogP contribution in [0.5, 0.6) is 11.5 Å². The number of methoxy groups -OCH3 is 2. The summed E-state index contributed by atoms with van der Waals surface area (Å²) in [6.07, 6.45) is 0. The van der Waals surface area contributed by atoms with Gasteiger partial charge in [0.15, 0.2) is 5.78 Å². The standard InChI is InChI=1S/C16H15FO3/c1-10(18)13-6-4-11(17)8-14(13)15-9-12(19-2)5-7-16(15)20-3/h4-9H,1-3H3. The highest BCUT2D eigenvalue weighted by molar-refractivity contribution is 6.01.